The summed E-state index contributed by atoms with van der Waals surface area (Å²) in [6.07, 6.45) is 2.13. The smallest absolute Gasteiger partial charge is 0.0966 e. The molecule has 0 saturated carbocycles. The highest BCUT2D eigenvalue weighted by Crippen LogP contribution is 2.23. The van der Waals surface area contributed by atoms with Crippen LogP contribution in [-0.2, 0) is 15.9 Å². The van der Waals surface area contributed by atoms with Crippen molar-refractivity contribution >= 4 is 21.6 Å². The summed E-state index contributed by atoms with van der Waals surface area (Å²) in [7, 11) is 0. The lowest BCUT2D eigenvalue weighted by Crippen LogP contribution is -2.48. The first-order chi connectivity index (χ1) is 10.4. The van der Waals surface area contributed by atoms with Crippen LogP contribution in [0.2, 0.25) is 0 Å². The van der Waals surface area contributed by atoms with Crippen molar-refractivity contribution in [3.63, 3.8) is 0 Å². The van der Waals surface area contributed by atoms with Crippen molar-refractivity contribution in [3.8, 4) is 0 Å². The number of hydrogen-bond acceptors (Lipinski definition) is 5. The average Bonchev–Trinajstić information content (AvgIpc) is 2.94. The maximum absolute atomic E-state index is 5.87. The van der Waals surface area contributed by atoms with Crippen molar-refractivity contribution in [2.45, 2.75) is 31.9 Å². The first-order valence-corrected chi connectivity index (χ1v) is 8.45. The van der Waals surface area contributed by atoms with E-state index in [1.165, 1.54) is 9.71 Å². The van der Waals surface area contributed by atoms with Crippen molar-refractivity contribution in [1.82, 2.24) is 10.3 Å². The first kappa shape index (κ1) is 14.9. The molecule has 0 bridgehead atoms. The zero-order chi connectivity index (χ0) is 14.5. The van der Waals surface area contributed by atoms with E-state index in [0.717, 1.165) is 24.9 Å². The van der Waals surface area contributed by atoms with Crippen LogP contribution >= 0.6 is 11.3 Å². The SMILES string of the molecule is CCCNC(Cc1nc2ccccc2s1)C1COCCO1. The Morgan fingerprint density at radius 3 is 3.05 bits per heavy atom. The summed E-state index contributed by atoms with van der Waals surface area (Å²) in [5, 5.41) is 4.76. The van der Waals surface area contributed by atoms with Gasteiger partial charge < -0.3 is 14.8 Å². The minimum Gasteiger partial charge on any atom is -0.376 e. The van der Waals surface area contributed by atoms with Crippen molar-refractivity contribution in [2.24, 2.45) is 0 Å². The van der Waals surface area contributed by atoms with Crippen LogP contribution < -0.4 is 5.32 Å². The summed E-state index contributed by atoms with van der Waals surface area (Å²) >= 11 is 1.78. The van der Waals surface area contributed by atoms with Gasteiger partial charge in [0.15, 0.2) is 0 Å². The van der Waals surface area contributed by atoms with Crippen LogP contribution in [0.25, 0.3) is 10.2 Å². The maximum atomic E-state index is 5.87. The normalized spacial score (nSPS) is 20.7. The molecule has 0 amide bonds. The molecule has 5 heteroatoms. The number of benzene rings is 1. The molecule has 0 spiro atoms. The Balaban J connectivity index is 1.72. The van der Waals surface area contributed by atoms with Gasteiger partial charge in [0.1, 0.15) is 0 Å². The fraction of sp³-hybridized carbons (Fsp3) is 0.562. The lowest BCUT2D eigenvalue weighted by atomic mass is 10.1. The molecule has 1 N–H and O–H groups in total. The Morgan fingerprint density at radius 1 is 1.38 bits per heavy atom. The van der Waals surface area contributed by atoms with Crippen LogP contribution in [0, 0.1) is 0 Å². The maximum Gasteiger partial charge on any atom is 0.0966 e. The van der Waals surface area contributed by atoms with E-state index in [-0.39, 0.29) is 12.1 Å². The molecular weight excluding hydrogens is 284 g/mol. The highest BCUT2D eigenvalue weighted by Gasteiger charge is 2.25. The molecule has 0 radical (unpaired) electrons. The van der Waals surface area contributed by atoms with Gasteiger partial charge in [-0.15, -0.1) is 11.3 Å². The van der Waals surface area contributed by atoms with E-state index in [1.807, 2.05) is 6.07 Å². The number of rotatable bonds is 6. The van der Waals surface area contributed by atoms with Crippen LogP contribution in [0.3, 0.4) is 0 Å². The van der Waals surface area contributed by atoms with E-state index < -0.39 is 0 Å². The number of nitrogens with one attached hydrogen (secondary N) is 1. The summed E-state index contributed by atoms with van der Waals surface area (Å²) in [6, 6.07) is 8.58. The van der Waals surface area contributed by atoms with Crippen LogP contribution in [0.5, 0.6) is 0 Å². The quantitative estimate of drug-likeness (QED) is 0.891. The lowest BCUT2D eigenvalue weighted by Gasteiger charge is -2.30. The molecule has 0 aliphatic carbocycles. The molecule has 3 rings (SSSR count). The van der Waals surface area contributed by atoms with Crippen molar-refractivity contribution < 1.29 is 9.47 Å². The molecule has 21 heavy (non-hydrogen) atoms. The van der Waals surface area contributed by atoms with Gasteiger partial charge in [-0.3, -0.25) is 0 Å². The van der Waals surface area contributed by atoms with Crippen molar-refractivity contribution in [1.29, 1.82) is 0 Å². The predicted octanol–water partition coefficient (Wildman–Crippen LogP) is 2.62. The topological polar surface area (TPSA) is 43.4 Å². The average molecular weight is 306 g/mol. The van der Waals surface area contributed by atoms with Crippen LogP contribution in [-0.4, -0.2) is 43.5 Å². The van der Waals surface area contributed by atoms with E-state index in [0.29, 0.717) is 19.8 Å². The van der Waals surface area contributed by atoms with Gasteiger partial charge in [-0.1, -0.05) is 19.1 Å². The van der Waals surface area contributed by atoms with E-state index in [9.17, 15) is 0 Å². The van der Waals surface area contributed by atoms with E-state index in [2.05, 4.69) is 30.4 Å². The van der Waals surface area contributed by atoms with Gasteiger partial charge in [0, 0.05) is 12.5 Å². The predicted molar refractivity (Wildman–Crippen MR) is 86.0 cm³/mol. The number of aromatic nitrogens is 1. The van der Waals surface area contributed by atoms with Gasteiger partial charge in [0.2, 0.25) is 0 Å². The number of ether oxygens (including phenoxy) is 2. The Morgan fingerprint density at radius 2 is 2.29 bits per heavy atom. The standard InChI is InChI=1S/C16H22N2O2S/c1-2-7-17-13(14-11-19-8-9-20-14)10-16-18-12-5-3-4-6-15(12)21-16/h3-6,13-14,17H,2,7-11H2,1H3. The summed E-state index contributed by atoms with van der Waals surface area (Å²) in [6.45, 7) is 5.24. The lowest BCUT2D eigenvalue weighted by molar-refractivity contribution is -0.101. The second kappa shape index (κ2) is 7.31. The molecule has 1 aliphatic heterocycles. The number of hydrogen-bond donors (Lipinski definition) is 1. The fourth-order valence-electron chi connectivity index (χ4n) is 2.60. The molecule has 1 aromatic heterocycles. The summed E-state index contributed by atoms with van der Waals surface area (Å²) in [4.78, 5) is 4.74. The van der Waals surface area contributed by atoms with Crippen molar-refractivity contribution in [2.75, 3.05) is 26.4 Å². The molecule has 1 saturated heterocycles. The summed E-state index contributed by atoms with van der Waals surface area (Å²) < 4.78 is 12.7. The van der Waals surface area contributed by atoms with Crippen LogP contribution in [0.4, 0.5) is 0 Å². The third-order valence-corrected chi connectivity index (χ3v) is 4.74. The number of thiazole rings is 1. The van der Waals surface area contributed by atoms with Gasteiger partial charge in [-0.2, -0.15) is 0 Å². The molecule has 2 unspecified atom stereocenters. The summed E-state index contributed by atoms with van der Waals surface area (Å²) in [5.41, 5.74) is 1.09. The summed E-state index contributed by atoms with van der Waals surface area (Å²) in [5.74, 6) is 0. The minimum absolute atomic E-state index is 0.123. The van der Waals surface area contributed by atoms with Gasteiger partial charge in [0.05, 0.1) is 41.1 Å². The van der Waals surface area contributed by atoms with E-state index >= 15 is 0 Å². The molecule has 1 fully saturated rings. The Bertz CT molecular complexity index is 533. The molecule has 1 aromatic carbocycles. The van der Waals surface area contributed by atoms with E-state index in [1.54, 1.807) is 11.3 Å². The molecule has 4 nitrogen and oxygen atoms in total. The number of fused-ring (bicyclic) bond motifs is 1. The molecule has 2 heterocycles. The number of nitrogens with zero attached hydrogens (tertiary/aromatic N) is 1. The molecular formula is C16H22N2O2S. The second-order valence-electron chi connectivity index (χ2n) is 5.32. The van der Waals surface area contributed by atoms with Gasteiger partial charge >= 0.3 is 0 Å². The van der Waals surface area contributed by atoms with Crippen LogP contribution in [0.1, 0.15) is 18.4 Å². The zero-order valence-corrected chi connectivity index (χ0v) is 13.2. The molecule has 2 aromatic rings. The fourth-order valence-corrected chi connectivity index (χ4v) is 3.62. The third-order valence-electron chi connectivity index (χ3n) is 3.68. The second-order valence-corrected chi connectivity index (χ2v) is 6.44. The molecule has 1 aliphatic rings. The van der Waals surface area contributed by atoms with Crippen LogP contribution in [0.15, 0.2) is 24.3 Å². The Kier molecular flexibility index (Phi) is 5.19. The van der Waals surface area contributed by atoms with Gasteiger partial charge in [-0.05, 0) is 25.1 Å². The first-order valence-electron chi connectivity index (χ1n) is 7.64. The Hall–Kier alpha value is -1.01. The van der Waals surface area contributed by atoms with E-state index in [4.69, 9.17) is 14.5 Å². The monoisotopic (exact) mass is 306 g/mol. The largest absolute Gasteiger partial charge is 0.376 e. The van der Waals surface area contributed by atoms with Crippen molar-refractivity contribution in [3.05, 3.63) is 29.3 Å². The van der Waals surface area contributed by atoms with Gasteiger partial charge in [0.25, 0.3) is 0 Å². The minimum atomic E-state index is 0.123. The highest BCUT2D eigenvalue weighted by molar-refractivity contribution is 7.18. The molecule has 114 valence electrons. The molecule has 2 atom stereocenters. The zero-order valence-electron chi connectivity index (χ0n) is 12.4. The number of para-hydroxylation sites is 1. The third kappa shape index (κ3) is 3.80. The highest BCUT2D eigenvalue weighted by atomic mass is 32.1. The van der Waals surface area contributed by atoms with Gasteiger partial charge in [-0.25, -0.2) is 4.98 Å². The Labute approximate surface area is 129 Å².